The van der Waals surface area contributed by atoms with Gasteiger partial charge < -0.3 is 0 Å². The molecule has 80 valence electrons. The van der Waals surface area contributed by atoms with E-state index in [1.165, 1.54) is 10.5 Å². The van der Waals surface area contributed by atoms with Crippen molar-refractivity contribution < 1.29 is 18.9 Å². The molecule has 0 spiro atoms. The van der Waals surface area contributed by atoms with Gasteiger partial charge in [-0.2, -0.15) is 0 Å². The minimum absolute atomic E-state index is 1.11. The molecule has 0 saturated carbocycles. The van der Waals surface area contributed by atoms with Crippen LogP contribution in [0.4, 0.5) is 0 Å². The Morgan fingerprint density at radius 1 is 1.43 bits per heavy atom. The van der Waals surface area contributed by atoms with E-state index in [0.717, 1.165) is 19.3 Å². The van der Waals surface area contributed by atoms with E-state index in [2.05, 4.69) is 62.8 Å². The average molecular weight is 368 g/mol. The molecule has 0 aliphatic heterocycles. The number of unbranched alkanes of at least 4 members (excludes halogenated alkanes) is 1. The molecule has 1 aliphatic rings. The van der Waals surface area contributed by atoms with Crippen LogP contribution in [0.25, 0.3) is 0 Å². The SMILES string of the molecule is C=CCCC=CCC.[Ir][C]1=CC=CC1. The Morgan fingerprint density at radius 2 is 2.21 bits per heavy atom. The molecule has 0 atom stereocenters. The first-order chi connectivity index (χ1) is 6.81. The molecular formula is C13H19Ir. The molecule has 0 fully saturated rings. The fourth-order valence-corrected chi connectivity index (χ4v) is 1.42. The fourth-order valence-electron chi connectivity index (χ4n) is 0.910. The molecule has 0 N–H and O–H groups in total. The van der Waals surface area contributed by atoms with Crippen molar-refractivity contribution in [2.75, 3.05) is 0 Å². The van der Waals surface area contributed by atoms with Crippen molar-refractivity contribution in [1.29, 1.82) is 0 Å². The van der Waals surface area contributed by atoms with Crippen LogP contribution >= 0.6 is 0 Å². The van der Waals surface area contributed by atoms with Crippen molar-refractivity contribution in [3.63, 3.8) is 0 Å². The van der Waals surface area contributed by atoms with Crippen LogP contribution in [0.1, 0.15) is 32.6 Å². The number of rotatable bonds is 4. The molecule has 0 bridgehead atoms. The molecule has 0 heterocycles. The Morgan fingerprint density at radius 3 is 2.57 bits per heavy atom. The van der Waals surface area contributed by atoms with Gasteiger partial charge in [0.1, 0.15) is 0 Å². The molecule has 0 unspecified atom stereocenters. The summed E-state index contributed by atoms with van der Waals surface area (Å²) in [6, 6.07) is 0. The van der Waals surface area contributed by atoms with E-state index < -0.39 is 0 Å². The Labute approximate surface area is 98.6 Å². The van der Waals surface area contributed by atoms with E-state index in [9.17, 15) is 0 Å². The maximum absolute atomic E-state index is 3.62. The van der Waals surface area contributed by atoms with Crippen LogP contribution in [0.3, 0.4) is 0 Å². The zero-order chi connectivity index (χ0) is 10.6. The summed E-state index contributed by atoms with van der Waals surface area (Å²) in [4.78, 5) is 0. The van der Waals surface area contributed by atoms with Gasteiger partial charge in [-0.05, 0) is 19.3 Å². The molecular weight excluding hydrogens is 348 g/mol. The first-order valence-corrected chi connectivity index (χ1v) is 6.25. The van der Waals surface area contributed by atoms with Gasteiger partial charge in [0.2, 0.25) is 0 Å². The number of hydrogen-bond donors (Lipinski definition) is 0. The summed E-state index contributed by atoms with van der Waals surface area (Å²) in [5, 5.41) is 0. The van der Waals surface area contributed by atoms with Crippen molar-refractivity contribution >= 4 is 0 Å². The standard InChI is InChI=1S/C8H14.C5H5.Ir/c1-3-5-7-8-6-4-2;1-2-4-5-3-1;/h3,6,8H,1,4-5,7H2,2H3;1-3H,4H2;. The maximum atomic E-state index is 3.62. The van der Waals surface area contributed by atoms with Crippen LogP contribution in [0.2, 0.25) is 0 Å². The van der Waals surface area contributed by atoms with Crippen LogP contribution in [0.5, 0.6) is 0 Å². The van der Waals surface area contributed by atoms with Gasteiger partial charge in [-0.25, -0.2) is 0 Å². The first-order valence-electron chi connectivity index (χ1n) is 5.06. The van der Waals surface area contributed by atoms with E-state index in [1.54, 1.807) is 0 Å². The predicted molar refractivity (Wildman–Crippen MR) is 60.7 cm³/mol. The zero-order valence-corrected chi connectivity index (χ0v) is 11.2. The normalized spacial score (nSPS) is 13.8. The summed E-state index contributed by atoms with van der Waals surface area (Å²) in [7, 11) is 0. The Bertz CT molecular complexity index is 221. The second-order valence-electron chi connectivity index (χ2n) is 2.96. The third-order valence-corrected chi connectivity index (χ3v) is 2.54. The predicted octanol–water partition coefficient (Wildman–Crippen LogP) is 4.30. The van der Waals surface area contributed by atoms with E-state index in [0.29, 0.717) is 0 Å². The van der Waals surface area contributed by atoms with Gasteiger partial charge in [0, 0.05) is 0 Å². The second-order valence-corrected chi connectivity index (χ2v) is 4.50. The topological polar surface area (TPSA) is 0 Å². The molecule has 0 nitrogen and oxygen atoms in total. The minimum atomic E-state index is 1.11. The molecule has 1 heteroatoms. The van der Waals surface area contributed by atoms with Crippen molar-refractivity contribution in [1.82, 2.24) is 0 Å². The quantitative estimate of drug-likeness (QED) is 0.513. The van der Waals surface area contributed by atoms with Crippen LogP contribution in [0.15, 0.2) is 47.1 Å². The van der Waals surface area contributed by atoms with E-state index in [1.807, 2.05) is 6.08 Å². The fraction of sp³-hybridized carbons (Fsp3) is 0.385. The van der Waals surface area contributed by atoms with Gasteiger partial charge in [-0.1, -0.05) is 25.2 Å². The third kappa shape index (κ3) is 9.70. The van der Waals surface area contributed by atoms with Gasteiger partial charge in [0.15, 0.2) is 0 Å². The first kappa shape index (κ1) is 13.6. The summed E-state index contributed by atoms with van der Waals surface area (Å²) in [5.74, 6) is 0. The molecule has 0 saturated heterocycles. The van der Waals surface area contributed by atoms with Gasteiger partial charge in [0.25, 0.3) is 0 Å². The summed E-state index contributed by atoms with van der Waals surface area (Å²) >= 11 is 2.14. The molecule has 1 aliphatic carbocycles. The van der Waals surface area contributed by atoms with Gasteiger partial charge in [-0.3, -0.25) is 0 Å². The molecule has 1 rings (SSSR count). The van der Waals surface area contributed by atoms with Gasteiger partial charge in [-0.15, -0.1) is 6.58 Å². The molecule has 14 heavy (non-hydrogen) atoms. The number of hydrogen-bond acceptors (Lipinski definition) is 0. The van der Waals surface area contributed by atoms with Crippen LogP contribution in [-0.2, 0) is 18.9 Å². The van der Waals surface area contributed by atoms with Crippen molar-refractivity contribution in [3.8, 4) is 0 Å². The Kier molecular flexibility index (Phi) is 10.4. The van der Waals surface area contributed by atoms with Crippen LogP contribution < -0.4 is 0 Å². The summed E-state index contributed by atoms with van der Waals surface area (Å²) in [6.07, 6.45) is 17.3. The van der Waals surface area contributed by atoms with Crippen LogP contribution in [-0.4, -0.2) is 0 Å². The third-order valence-electron chi connectivity index (χ3n) is 1.65. The number of allylic oxidation sites excluding steroid dienone is 7. The van der Waals surface area contributed by atoms with Crippen molar-refractivity contribution in [2.45, 2.75) is 32.6 Å². The van der Waals surface area contributed by atoms with E-state index >= 15 is 0 Å². The molecule has 0 aromatic heterocycles. The van der Waals surface area contributed by atoms with Gasteiger partial charge in [0.05, 0.1) is 0 Å². The molecule has 0 aromatic rings. The van der Waals surface area contributed by atoms with Gasteiger partial charge >= 0.3 is 47.6 Å². The van der Waals surface area contributed by atoms with E-state index in [4.69, 9.17) is 0 Å². The summed E-state index contributed by atoms with van der Waals surface area (Å²) in [6.45, 7) is 5.77. The Hall–Kier alpha value is -0.391. The van der Waals surface area contributed by atoms with Crippen LogP contribution in [0, 0.1) is 0 Å². The average Bonchev–Trinajstić information content (AvgIpc) is 2.65. The molecule has 0 aromatic carbocycles. The summed E-state index contributed by atoms with van der Waals surface area (Å²) < 4.78 is 1.47. The van der Waals surface area contributed by atoms with E-state index in [-0.39, 0.29) is 0 Å². The second kappa shape index (κ2) is 10.7. The molecule has 0 amide bonds. The van der Waals surface area contributed by atoms with Crippen molar-refractivity contribution in [2.24, 2.45) is 0 Å². The monoisotopic (exact) mass is 368 g/mol. The zero-order valence-electron chi connectivity index (χ0n) is 8.83. The van der Waals surface area contributed by atoms with Crippen molar-refractivity contribution in [3.05, 3.63) is 47.1 Å². The Balaban J connectivity index is 0.000000249. The summed E-state index contributed by atoms with van der Waals surface area (Å²) in [5.41, 5.74) is 0. The molecule has 0 radical (unpaired) electrons.